The molecule has 1 aromatic carbocycles. The number of halogens is 1. The zero-order valence-electron chi connectivity index (χ0n) is 11.6. The number of carbonyl (C=O) groups excluding carboxylic acids is 2. The molecular weight excluding hydrogens is 275 g/mol. The second kappa shape index (κ2) is 5.81. The third-order valence-corrected chi connectivity index (χ3v) is 3.92. The number of morpholine rings is 1. The van der Waals surface area contributed by atoms with Gasteiger partial charge in [-0.2, -0.15) is 0 Å². The van der Waals surface area contributed by atoms with Gasteiger partial charge in [-0.1, -0.05) is 6.07 Å². The molecule has 2 fully saturated rings. The van der Waals surface area contributed by atoms with Crippen LogP contribution in [0.25, 0.3) is 0 Å². The zero-order chi connectivity index (χ0) is 14.8. The van der Waals surface area contributed by atoms with Crippen molar-refractivity contribution in [2.24, 2.45) is 5.92 Å². The Morgan fingerprint density at radius 3 is 2.76 bits per heavy atom. The molecule has 0 aliphatic carbocycles. The molecule has 3 rings (SSSR count). The molecule has 5 nitrogen and oxygen atoms in total. The molecule has 2 aliphatic heterocycles. The summed E-state index contributed by atoms with van der Waals surface area (Å²) < 4.78 is 18.5. The van der Waals surface area contributed by atoms with Crippen molar-refractivity contribution in [3.8, 4) is 0 Å². The summed E-state index contributed by atoms with van der Waals surface area (Å²) >= 11 is 0. The van der Waals surface area contributed by atoms with Crippen LogP contribution in [0.2, 0.25) is 0 Å². The quantitative estimate of drug-likeness (QED) is 0.818. The van der Waals surface area contributed by atoms with E-state index in [2.05, 4.69) is 0 Å². The molecule has 1 unspecified atom stereocenters. The number of hydrogen-bond acceptors (Lipinski definition) is 3. The number of nitrogens with zero attached hydrogens (tertiary/aromatic N) is 2. The van der Waals surface area contributed by atoms with Crippen LogP contribution in [-0.2, 0) is 14.3 Å². The molecule has 0 radical (unpaired) electrons. The molecule has 21 heavy (non-hydrogen) atoms. The molecule has 6 heteroatoms. The van der Waals surface area contributed by atoms with Gasteiger partial charge in [0.25, 0.3) is 0 Å². The fourth-order valence-electron chi connectivity index (χ4n) is 2.81. The average molecular weight is 292 g/mol. The standard InChI is InChI=1S/C15H17FN2O3/c16-12-2-1-3-13(9-12)18-10-11(8-14(18)19)15(20)17-4-6-21-7-5-17/h1-3,9,11H,4-8,10H2. The molecule has 2 saturated heterocycles. The van der Waals surface area contributed by atoms with Crippen molar-refractivity contribution in [1.29, 1.82) is 0 Å². The molecule has 2 aliphatic rings. The Morgan fingerprint density at radius 1 is 1.29 bits per heavy atom. The summed E-state index contributed by atoms with van der Waals surface area (Å²) in [5.74, 6) is -0.875. The van der Waals surface area contributed by atoms with E-state index in [0.29, 0.717) is 38.5 Å². The molecule has 0 saturated carbocycles. The summed E-state index contributed by atoms with van der Waals surface area (Å²) in [4.78, 5) is 27.7. The number of ether oxygens (including phenoxy) is 1. The van der Waals surface area contributed by atoms with Gasteiger partial charge in [0.05, 0.1) is 19.1 Å². The lowest BCUT2D eigenvalue weighted by Crippen LogP contribution is -2.44. The van der Waals surface area contributed by atoms with Crippen molar-refractivity contribution in [3.63, 3.8) is 0 Å². The van der Waals surface area contributed by atoms with Gasteiger partial charge in [-0.15, -0.1) is 0 Å². The van der Waals surface area contributed by atoms with E-state index < -0.39 is 0 Å². The summed E-state index contributed by atoms with van der Waals surface area (Å²) in [6.45, 7) is 2.55. The van der Waals surface area contributed by atoms with Gasteiger partial charge in [0, 0.05) is 31.7 Å². The van der Waals surface area contributed by atoms with Crippen LogP contribution in [0.3, 0.4) is 0 Å². The van der Waals surface area contributed by atoms with Crippen LogP contribution in [0.4, 0.5) is 10.1 Å². The average Bonchev–Trinajstić information content (AvgIpc) is 2.89. The maximum atomic E-state index is 13.3. The number of benzene rings is 1. The van der Waals surface area contributed by atoms with E-state index in [0.717, 1.165) is 0 Å². The van der Waals surface area contributed by atoms with Crippen LogP contribution in [0.1, 0.15) is 6.42 Å². The topological polar surface area (TPSA) is 49.9 Å². The van der Waals surface area contributed by atoms with E-state index in [1.807, 2.05) is 0 Å². The summed E-state index contributed by atoms with van der Waals surface area (Å²) in [6.07, 6.45) is 0.187. The van der Waals surface area contributed by atoms with Gasteiger partial charge < -0.3 is 14.5 Å². The minimum atomic E-state index is -0.386. The highest BCUT2D eigenvalue weighted by atomic mass is 19.1. The van der Waals surface area contributed by atoms with Gasteiger partial charge in [-0.05, 0) is 18.2 Å². The minimum absolute atomic E-state index is 0.00875. The van der Waals surface area contributed by atoms with E-state index in [1.54, 1.807) is 17.0 Å². The number of amides is 2. The molecule has 0 bridgehead atoms. The lowest BCUT2D eigenvalue weighted by atomic mass is 10.1. The molecular formula is C15H17FN2O3. The maximum Gasteiger partial charge on any atom is 0.228 e. The summed E-state index contributed by atoms with van der Waals surface area (Å²) in [7, 11) is 0. The third-order valence-electron chi connectivity index (χ3n) is 3.92. The van der Waals surface area contributed by atoms with Crippen LogP contribution in [0.5, 0.6) is 0 Å². The number of carbonyl (C=O) groups is 2. The first kappa shape index (κ1) is 14.0. The predicted molar refractivity (Wildman–Crippen MR) is 74.3 cm³/mol. The molecule has 112 valence electrons. The number of hydrogen-bond donors (Lipinski definition) is 0. The molecule has 1 aromatic rings. The van der Waals surface area contributed by atoms with E-state index in [9.17, 15) is 14.0 Å². The Kier molecular flexibility index (Phi) is 3.88. The lowest BCUT2D eigenvalue weighted by molar-refractivity contribution is -0.139. The predicted octanol–water partition coefficient (Wildman–Crippen LogP) is 1.04. The van der Waals surface area contributed by atoms with E-state index in [4.69, 9.17) is 4.74 Å². The highest BCUT2D eigenvalue weighted by Crippen LogP contribution is 2.27. The normalized spacial score (nSPS) is 22.7. The third kappa shape index (κ3) is 2.90. The van der Waals surface area contributed by atoms with Crippen molar-refractivity contribution in [2.45, 2.75) is 6.42 Å². The van der Waals surface area contributed by atoms with Crippen LogP contribution in [-0.4, -0.2) is 49.6 Å². The molecule has 0 spiro atoms. The van der Waals surface area contributed by atoms with Crippen molar-refractivity contribution in [3.05, 3.63) is 30.1 Å². The fraction of sp³-hybridized carbons (Fsp3) is 0.467. The summed E-state index contributed by atoms with van der Waals surface area (Å²) in [5.41, 5.74) is 0.511. The molecule has 2 amide bonds. The number of anilines is 1. The van der Waals surface area contributed by atoms with Gasteiger partial charge in [0.1, 0.15) is 5.82 Å². The first-order valence-corrected chi connectivity index (χ1v) is 7.07. The van der Waals surface area contributed by atoms with Crippen molar-refractivity contribution < 1.29 is 18.7 Å². The second-order valence-electron chi connectivity index (χ2n) is 5.32. The largest absolute Gasteiger partial charge is 0.378 e. The van der Waals surface area contributed by atoms with E-state index in [1.165, 1.54) is 17.0 Å². The van der Waals surface area contributed by atoms with Gasteiger partial charge in [0.15, 0.2) is 0 Å². The summed E-state index contributed by atoms with van der Waals surface area (Å²) in [6, 6.07) is 5.90. The molecule has 0 aromatic heterocycles. The van der Waals surface area contributed by atoms with E-state index >= 15 is 0 Å². The van der Waals surface area contributed by atoms with Crippen LogP contribution >= 0.6 is 0 Å². The molecule has 1 atom stereocenters. The zero-order valence-corrected chi connectivity index (χ0v) is 11.6. The Balaban J connectivity index is 1.70. The van der Waals surface area contributed by atoms with Crippen LogP contribution in [0.15, 0.2) is 24.3 Å². The van der Waals surface area contributed by atoms with Crippen molar-refractivity contribution in [1.82, 2.24) is 4.90 Å². The van der Waals surface area contributed by atoms with E-state index in [-0.39, 0.29) is 30.0 Å². The highest BCUT2D eigenvalue weighted by molar-refractivity contribution is 6.00. The van der Waals surface area contributed by atoms with Crippen molar-refractivity contribution in [2.75, 3.05) is 37.7 Å². The van der Waals surface area contributed by atoms with Gasteiger partial charge in [-0.3, -0.25) is 9.59 Å². The SMILES string of the molecule is O=C(C1CC(=O)N(c2cccc(F)c2)C1)N1CCOCC1. The molecule has 2 heterocycles. The minimum Gasteiger partial charge on any atom is -0.378 e. The Hall–Kier alpha value is -1.95. The first-order chi connectivity index (χ1) is 10.1. The van der Waals surface area contributed by atoms with Crippen LogP contribution in [0, 0.1) is 11.7 Å². The molecule has 0 N–H and O–H groups in total. The monoisotopic (exact) mass is 292 g/mol. The highest BCUT2D eigenvalue weighted by Gasteiger charge is 2.37. The lowest BCUT2D eigenvalue weighted by Gasteiger charge is -2.29. The second-order valence-corrected chi connectivity index (χ2v) is 5.32. The Bertz CT molecular complexity index is 558. The van der Waals surface area contributed by atoms with Gasteiger partial charge in [0.2, 0.25) is 11.8 Å². The number of rotatable bonds is 2. The van der Waals surface area contributed by atoms with Crippen LogP contribution < -0.4 is 4.90 Å². The first-order valence-electron chi connectivity index (χ1n) is 7.07. The van der Waals surface area contributed by atoms with Gasteiger partial charge in [-0.25, -0.2) is 4.39 Å². The Morgan fingerprint density at radius 2 is 2.05 bits per heavy atom. The smallest absolute Gasteiger partial charge is 0.228 e. The fourth-order valence-corrected chi connectivity index (χ4v) is 2.81. The Labute approximate surface area is 122 Å². The summed E-state index contributed by atoms with van der Waals surface area (Å²) in [5, 5.41) is 0. The maximum absolute atomic E-state index is 13.3. The van der Waals surface area contributed by atoms with Gasteiger partial charge >= 0.3 is 0 Å². The van der Waals surface area contributed by atoms with Crippen molar-refractivity contribution >= 4 is 17.5 Å².